The number of hydrogen-bond acceptors (Lipinski definition) is 5. The molecular weight excluding hydrogens is 286 g/mol. The summed E-state index contributed by atoms with van der Waals surface area (Å²) in [5, 5.41) is 4.62. The zero-order valence-electron chi connectivity index (χ0n) is 14.6. The van der Waals surface area contributed by atoms with Crippen LogP contribution in [-0.2, 0) is 0 Å². The molecule has 3 heterocycles. The second-order valence-corrected chi connectivity index (χ2v) is 6.94. The van der Waals surface area contributed by atoms with Crippen LogP contribution in [-0.4, -0.2) is 45.5 Å². The molecule has 0 saturated carbocycles. The fourth-order valence-corrected chi connectivity index (χ4v) is 3.60. The van der Waals surface area contributed by atoms with Gasteiger partial charge in [0.25, 0.3) is 0 Å². The van der Waals surface area contributed by atoms with Gasteiger partial charge in [0.05, 0.1) is 5.39 Å². The Labute approximate surface area is 138 Å². The number of hydrogen-bond donors (Lipinski definition) is 1. The Morgan fingerprint density at radius 3 is 2.61 bits per heavy atom. The van der Waals surface area contributed by atoms with Crippen LogP contribution in [0, 0.1) is 19.8 Å². The molecule has 1 fully saturated rings. The molecule has 1 aliphatic heterocycles. The molecule has 3 rings (SSSR count). The number of aromatic nitrogens is 3. The summed E-state index contributed by atoms with van der Waals surface area (Å²) in [6.45, 7) is 12.1. The van der Waals surface area contributed by atoms with E-state index in [0.29, 0.717) is 12.0 Å². The molecular formula is C18H27N5. The van der Waals surface area contributed by atoms with E-state index in [1.165, 1.54) is 31.5 Å². The van der Waals surface area contributed by atoms with Crippen LogP contribution in [0.4, 0.5) is 5.82 Å². The van der Waals surface area contributed by atoms with Gasteiger partial charge in [-0.2, -0.15) is 0 Å². The quantitative estimate of drug-likeness (QED) is 0.919. The molecule has 2 aromatic heterocycles. The first-order valence-corrected chi connectivity index (χ1v) is 8.63. The van der Waals surface area contributed by atoms with Crippen molar-refractivity contribution in [2.24, 2.45) is 5.92 Å². The summed E-state index contributed by atoms with van der Waals surface area (Å²) in [5.74, 6) is 1.53. The minimum atomic E-state index is 0.543. The van der Waals surface area contributed by atoms with Gasteiger partial charge >= 0.3 is 0 Å². The van der Waals surface area contributed by atoms with Crippen molar-refractivity contribution in [1.29, 1.82) is 0 Å². The molecule has 0 aromatic carbocycles. The van der Waals surface area contributed by atoms with Crippen LogP contribution in [0.25, 0.3) is 11.0 Å². The molecule has 5 nitrogen and oxygen atoms in total. The van der Waals surface area contributed by atoms with Gasteiger partial charge in [-0.15, -0.1) is 0 Å². The van der Waals surface area contributed by atoms with E-state index in [0.717, 1.165) is 29.1 Å². The highest BCUT2D eigenvalue weighted by atomic mass is 15.2. The lowest BCUT2D eigenvalue weighted by molar-refractivity contribution is 0.201. The van der Waals surface area contributed by atoms with Crippen molar-refractivity contribution in [3.05, 3.63) is 23.7 Å². The molecule has 0 amide bonds. The van der Waals surface area contributed by atoms with Crippen molar-refractivity contribution in [2.45, 2.75) is 46.6 Å². The Balaban J connectivity index is 1.83. The first-order chi connectivity index (χ1) is 11.1. The lowest BCUT2D eigenvalue weighted by atomic mass is 10.0. The van der Waals surface area contributed by atoms with Crippen molar-refractivity contribution in [3.8, 4) is 0 Å². The van der Waals surface area contributed by atoms with Gasteiger partial charge < -0.3 is 5.32 Å². The average molecular weight is 313 g/mol. The smallest absolute Gasteiger partial charge is 0.165 e. The molecule has 1 atom stereocenters. The van der Waals surface area contributed by atoms with E-state index in [4.69, 9.17) is 0 Å². The van der Waals surface area contributed by atoms with E-state index in [2.05, 4.69) is 52.0 Å². The number of nitrogens with zero attached hydrogens (tertiary/aromatic N) is 4. The Hall–Kier alpha value is -1.75. The van der Waals surface area contributed by atoms with Gasteiger partial charge in [0.1, 0.15) is 12.1 Å². The number of nitrogens with one attached hydrogen (secondary N) is 1. The number of likely N-dealkylation sites (tertiary alicyclic amines) is 1. The number of rotatable bonds is 5. The number of fused-ring (bicyclic) bond motifs is 1. The van der Waals surface area contributed by atoms with Crippen molar-refractivity contribution in [3.63, 3.8) is 0 Å². The molecule has 124 valence electrons. The minimum Gasteiger partial charge on any atom is -0.368 e. The van der Waals surface area contributed by atoms with Gasteiger partial charge in [0.15, 0.2) is 5.65 Å². The van der Waals surface area contributed by atoms with E-state index < -0.39 is 0 Å². The highest BCUT2D eigenvalue weighted by Gasteiger charge is 2.24. The van der Waals surface area contributed by atoms with Crippen molar-refractivity contribution >= 4 is 16.9 Å². The first kappa shape index (κ1) is 16.1. The lowest BCUT2D eigenvalue weighted by Gasteiger charge is -2.31. The fraction of sp³-hybridized carbons (Fsp3) is 0.611. The van der Waals surface area contributed by atoms with Gasteiger partial charge in [-0.25, -0.2) is 15.0 Å². The molecule has 2 aromatic rings. The first-order valence-electron chi connectivity index (χ1n) is 8.63. The molecule has 1 N–H and O–H groups in total. The van der Waals surface area contributed by atoms with Crippen LogP contribution >= 0.6 is 0 Å². The lowest BCUT2D eigenvalue weighted by Crippen LogP contribution is -2.42. The maximum atomic E-state index is 4.54. The van der Waals surface area contributed by atoms with Gasteiger partial charge in [-0.05, 0) is 57.3 Å². The number of pyridine rings is 1. The third-order valence-corrected chi connectivity index (χ3v) is 4.79. The predicted octanol–water partition coefficient (Wildman–Crippen LogP) is 3.17. The molecule has 0 radical (unpaired) electrons. The van der Waals surface area contributed by atoms with Gasteiger partial charge in [-0.1, -0.05) is 13.8 Å². The normalized spacial score (nSPS) is 17.1. The highest BCUT2D eigenvalue weighted by molar-refractivity contribution is 5.89. The maximum absolute atomic E-state index is 4.54. The molecule has 0 spiro atoms. The zero-order chi connectivity index (χ0) is 16.4. The predicted molar refractivity (Wildman–Crippen MR) is 94.7 cm³/mol. The summed E-state index contributed by atoms with van der Waals surface area (Å²) in [4.78, 5) is 15.9. The number of aryl methyl sites for hydroxylation is 2. The summed E-state index contributed by atoms with van der Waals surface area (Å²) in [5.41, 5.74) is 2.96. The van der Waals surface area contributed by atoms with Crippen molar-refractivity contribution < 1.29 is 0 Å². The largest absolute Gasteiger partial charge is 0.368 e. The fourth-order valence-electron chi connectivity index (χ4n) is 3.60. The van der Waals surface area contributed by atoms with Gasteiger partial charge in [-0.3, -0.25) is 4.90 Å². The summed E-state index contributed by atoms with van der Waals surface area (Å²) in [6.07, 6.45) is 4.25. The average Bonchev–Trinajstić information content (AvgIpc) is 3.00. The molecule has 0 unspecified atom stereocenters. The minimum absolute atomic E-state index is 0.543. The van der Waals surface area contributed by atoms with Gasteiger partial charge in [0, 0.05) is 18.3 Å². The van der Waals surface area contributed by atoms with E-state index in [-0.39, 0.29) is 0 Å². The monoisotopic (exact) mass is 313 g/mol. The Kier molecular flexibility index (Phi) is 4.76. The third kappa shape index (κ3) is 3.44. The molecule has 0 bridgehead atoms. The summed E-state index contributed by atoms with van der Waals surface area (Å²) < 4.78 is 0. The van der Waals surface area contributed by atoms with Crippen LogP contribution in [0.2, 0.25) is 0 Å². The van der Waals surface area contributed by atoms with Gasteiger partial charge in [0.2, 0.25) is 0 Å². The van der Waals surface area contributed by atoms with E-state index in [9.17, 15) is 0 Å². The highest BCUT2D eigenvalue weighted by Crippen LogP contribution is 2.24. The van der Waals surface area contributed by atoms with Crippen LogP contribution in [0.1, 0.15) is 37.9 Å². The maximum Gasteiger partial charge on any atom is 0.165 e. The summed E-state index contributed by atoms with van der Waals surface area (Å²) in [7, 11) is 0. The van der Waals surface area contributed by atoms with Crippen LogP contribution in [0.5, 0.6) is 0 Å². The van der Waals surface area contributed by atoms with E-state index in [1.54, 1.807) is 6.33 Å². The Morgan fingerprint density at radius 1 is 1.17 bits per heavy atom. The summed E-state index contributed by atoms with van der Waals surface area (Å²) in [6, 6.07) is 2.64. The zero-order valence-corrected chi connectivity index (χ0v) is 14.6. The second kappa shape index (κ2) is 6.79. The molecule has 23 heavy (non-hydrogen) atoms. The van der Waals surface area contributed by atoms with E-state index in [1.807, 2.05) is 6.92 Å². The van der Waals surface area contributed by atoms with Crippen LogP contribution in [0.15, 0.2) is 12.4 Å². The van der Waals surface area contributed by atoms with Crippen molar-refractivity contribution in [1.82, 2.24) is 19.9 Å². The molecule has 1 aliphatic rings. The molecule has 0 aliphatic carbocycles. The molecule has 5 heteroatoms. The summed E-state index contributed by atoms with van der Waals surface area (Å²) >= 11 is 0. The second-order valence-electron chi connectivity index (χ2n) is 6.94. The molecule has 1 saturated heterocycles. The topological polar surface area (TPSA) is 53.9 Å². The van der Waals surface area contributed by atoms with Crippen LogP contribution < -0.4 is 5.32 Å². The van der Waals surface area contributed by atoms with Crippen molar-refractivity contribution in [2.75, 3.05) is 25.0 Å². The Bertz CT molecular complexity index is 676. The SMILES string of the molecule is Cc1cc(C)c2c(NC[C@@H](C(C)C)N3CCCC3)ncnc2n1. The third-order valence-electron chi connectivity index (χ3n) is 4.79. The van der Waals surface area contributed by atoms with Crippen LogP contribution in [0.3, 0.4) is 0 Å². The van der Waals surface area contributed by atoms with E-state index >= 15 is 0 Å². The Morgan fingerprint density at radius 2 is 1.91 bits per heavy atom. The standard InChI is InChI=1S/C18H27N5/c1-12(2)15(23-7-5-6-8-23)10-19-17-16-13(3)9-14(4)22-18(16)21-11-20-17/h9,11-12,15H,5-8,10H2,1-4H3,(H,19,20,21,22)/t15-/m0/s1. The number of anilines is 1.